The zero-order valence-corrected chi connectivity index (χ0v) is 33.7. The summed E-state index contributed by atoms with van der Waals surface area (Å²) in [5, 5.41) is 86.7. The van der Waals surface area contributed by atoms with Crippen molar-refractivity contribution in [3.05, 3.63) is 71.8 Å². The van der Waals surface area contributed by atoms with Crippen LogP contribution >= 0.6 is 0 Å². The van der Waals surface area contributed by atoms with Gasteiger partial charge < -0.3 is 61.3 Å². The molecule has 0 unspecified atom stereocenters. The van der Waals surface area contributed by atoms with Crippen molar-refractivity contribution in [3.8, 4) is 0 Å². The highest BCUT2D eigenvalue weighted by molar-refractivity contribution is 5.76. The number of aliphatic hydroxyl groups is 8. The summed E-state index contributed by atoms with van der Waals surface area (Å²) < 4.78 is 5.05. The molecule has 10 atom stereocenters. The third-order valence-corrected chi connectivity index (χ3v) is 10.4. The molecular formula is C42H68N4O12. The van der Waals surface area contributed by atoms with Crippen LogP contribution in [0.2, 0.25) is 0 Å². The van der Waals surface area contributed by atoms with Crippen LogP contribution in [0.3, 0.4) is 0 Å². The lowest BCUT2D eigenvalue weighted by Crippen LogP contribution is -2.42. The predicted molar refractivity (Wildman–Crippen MR) is 216 cm³/mol. The molecule has 0 spiro atoms. The lowest BCUT2D eigenvalue weighted by molar-refractivity contribution is -0.148. The van der Waals surface area contributed by atoms with Crippen molar-refractivity contribution >= 4 is 11.9 Å². The normalized spacial score (nSPS) is 30.8. The lowest BCUT2D eigenvalue weighted by atomic mass is 9.95. The molecular weight excluding hydrogens is 752 g/mol. The fourth-order valence-corrected chi connectivity index (χ4v) is 7.46. The number of carbonyl (C=O) groups is 2. The molecule has 4 heterocycles. The number of β-amino-alcohol motifs (C(OH)–C–C–N with tert-alkyl or cyclic N) is 5. The van der Waals surface area contributed by atoms with Crippen LogP contribution in [-0.2, 0) is 27.4 Å². The van der Waals surface area contributed by atoms with Gasteiger partial charge in [0.15, 0.2) is 0 Å². The van der Waals surface area contributed by atoms with Gasteiger partial charge >= 0.3 is 11.9 Å². The van der Waals surface area contributed by atoms with Gasteiger partial charge in [-0.2, -0.15) is 0 Å². The van der Waals surface area contributed by atoms with E-state index in [4.69, 9.17) is 35.4 Å². The van der Waals surface area contributed by atoms with Crippen LogP contribution in [0.1, 0.15) is 69.4 Å². The van der Waals surface area contributed by atoms with E-state index in [0.29, 0.717) is 78.0 Å². The van der Waals surface area contributed by atoms with Crippen molar-refractivity contribution in [2.24, 2.45) is 0 Å². The van der Waals surface area contributed by atoms with E-state index in [-0.39, 0.29) is 55.2 Å². The zero-order chi connectivity index (χ0) is 42.5. The largest absolute Gasteiger partial charge is 0.480 e. The summed E-state index contributed by atoms with van der Waals surface area (Å²) in [4.78, 5) is 26.1. The van der Waals surface area contributed by atoms with Crippen molar-refractivity contribution < 1.29 is 60.3 Å². The van der Waals surface area contributed by atoms with Crippen molar-refractivity contribution in [1.29, 1.82) is 0 Å². The quantitative estimate of drug-likeness (QED) is 0.151. The van der Waals surface area contributed by atoms with Gasteiger partial charge in [0.05, 0.1) is 55.9 Å². The molecule has 16 nitrogen and oxygen atoms in total. The molecule has 2 aromatic carbocycles. The fourth-order valence-electron chi connectivity index (χ4n) is 7.46. The molecule has 16 heteroatoms. The maximum Gasteiger partial charge on any atom is 0.323 e. The number of nitrogens with one attached hydrogen (secondary N) is 2. The Morgan fingerprint density at radius 3 is 1.57 bits per heavy atom. The van der Waals surface area contributed by atoms with Gasteiger partial charge in [0.2, 0.25) is 0 Å². The Morgan fingerprint density at radius 2 is 1.16 bits per heavy atom. The van der Waals surface area contributed by atoms with E-state index in [1.54, 1.807) is 6.92 Å². The molecule has 58 heavy (non-hydrogen) atoms. The van der Waals surface area contributed by atoms with E-state index in [0.717, 1.165) is 31.4 Å². The molecule has 4 saturated heterocycles. The molecule has 5 fully saturated rings. The Labute approximate surface area is 342 Å². The summed E-state index contributed by atoms with van der Waals surface area (Å²) in [5.74, 6) is -1.11. The highest BCUT2D eigenvalue weighted by atomic mass is 16.5. The van der Waals surface area contributed by atoms with Gasteiger partial charge in [-0.1, -0.05) is 60.7 Å². The van der Waals surface area contributed by atoms with Gasteiger partial charge in [0, 0.05) is 71.1 Å². The first-order chi connectivity index (χ1) is 27.8. The number of esters is 1. The molecule has 7 rings (SSSR count). The second kappa shape index (κ2) is 26.9. The molecule has 4 aliphatic heterocycles. The van der Waals surface area contributed by atoms with Gasteiger partial charge in [0.1, 0.15) is 12.1 Å². The van der Waals surface area contributed by atoms with Crippen LogP contribution < -0.4 is 10.6 Å². The molecule has 0 aromatic heterocycles. The topological polar surface area (TPSA) is 256 Å². The molecule has 328 valence electrons. The third kappa shape index (κ3) is 18.9. The second-order valence-electron chi connectivity index (χ2n) is 15.6. The van der Waals surface area contributed by atoms with Crippen LogP contribution in [0.5, 0.6) is 0 Å². The van der Waals surface area contributed by atoms with Gasteiger partial charge in [-0.15, -0.1) is 0 Å². The summed E-state index contributed by atoms with van der Waals surface area (Å²) in [6, 6.07) is 19.4. The van der Waals surface area contributed by atoms with E-state index in [1.165, 1.54) is 5.56 Å². The third-order valence-electron chi connectivity index (χ3n) is 10.4. The monoisotopic (exact) mass is 820 g/mol. The van der Waals surface area contributed by atoms with Crippen LogP contribution in [-0.4, -0.2) is 174 Å². The lowest BCUT2D eigenvalue weighted by Gasteiger charge is -2.22. The first-order valence-corrected chi connectivity index (χ1v) is 20.5. The average Bonchev–Trinajstić information content (AvgIpc) is 3.90. The number of benzene rings is 2. The van der Waals surface area contributed by atoms with Crippen molar-refractivity contribution in [3.63, 3.8) is 0 Å². The van der Waals surface area contributed by atoms with Crippen LogP contribution in [0, 0.1) is 0 Å². The summed E-state index contributed by atoms with van der Waals surface area (Å²) in [5.41, 5.74) is 2.37. The van der Waals surface area contributed by atoms with Crippen molar-refractivity contribution in [2.75, 3.05) is 45.9 Å². The highest BCUT2D eigenvalue weighted by Crippen LogP contribution is 2.22. The number of aliphatic hydroxyl groups excluding tert-OH is 8. The number of piperidine rings is 1. The molecule has 1 aliphatic carbocycles. The van der Waals surface area contributed by atoms with Crippen molar-refractivity contribution in [2.45, 2.75) is 132 Å². The van der Waals surface area contributed by atoms with E-state index in [9.17, 15) is 24.9 Å². The number of hydrogen-bond acceptors (Lipinski definition) is 15. The van der Waals surface area contributed by atoms with Crippen molar-refractivity contribution in [1.82, 2.24) is 20.4 Å². The number of nitrogens with zero attached hydrogens (tertiary/aromatic N) is 2. The van der Waals surface area contributed by atoms with Gasteiger partial charge in [-0.3, -0.25) is 19.4 Å². The molecule has 0 amide bonds. The predicted octanol–water partition coefficient (Wildman–Crippen LogP) is -0.423. The van der Waals surface area contributed by atoms with Gasteiger partial charge in [0.25, 0.3) is 0 Å². The highest BCUT2D eigenvalue weighted by Gasteiger charge is 2.37. The maximum atomic E-state index is 11.8. The first-order valence-electron chi connectivity index (χ1n) is 20.5. The number of carboxylic acids is 1. The Hall–Kier alpha value is -3.10. The molecule has 5 aliphatic rings. The minimum atomic E-state index is -0.883. The number of ether oxygens (including phenoxy) is 1. The molecule has 11 N–H and O–H groups in total. The number of aliphatic carboxylic acids is 1. The SMILES string of the molecule is CCOC(=O)[C@H]1C[C@@H](O)CN1Cc1ccccc1.O=C(O)[C@H]1C[C@@H](O)CN1.OC[C@H]1C[C@@H](O)CN1Cc1ccccc1.O[C@@H]1CCC[C@H](O)C1.O[C@@H]1CNC[C@H](O)C1. The summed E-state index contributed by atoms with van der Waals surface area (Å²) in [6.07, 6.45) is 2.92. The minimum absolute atomic E-state index is 0.111. The van der Waals surface area contributed by atoms with E-state index in [2.05, 4.69) is 27.7 Å². The second-order valence-corrected chi connectivity index (χ2v) is 15.6. The number of hydrogen-bond donors (Lipinski definition) is 11. The summed E-state index contributed by atoms with van der Waals surface area (Å²) in [7, 11) is 0. The fraction of sp³-hybridized carbons (Fsp3) is 0.667. The number of carboxylic acid groups (broad SMARTS) is 1. The Kier molecular flexibility index (Phi) is 22.8. The molecule has 2 aromatic rings. The van der Waals surface area contributed by atoms with Crippen LogP contribution in [0.4, 0.5) is 0 Å². The summed E-state index contributed by atoms with van der Waals surface area (Å²) >= 11 is 0. The summed E-state index contributed by atoms with van der Waals surface area (Å²) in [6.45, 7) is 6.62. The van der Waals surface area contributed by atoms with Crippen LogP contribution in [0.15, 0.2) is 60.7 Å². The van der Waals surface area contributed by atoms with Gasteiger partial charge in [-0.25, -0.2) is 0 Å². The number of likely N-dealkylation sites (tertiary alicyclic amines) is 2. The average molecular weight is 821 g/mol. The van der Waals surface area contributed by atoms with E-state index in [1.807, 2.05) is 53.4 Å². The standard InChI is InChI=1S/C14H19NO3.C12H17NO2.C6H12O2.C5H9NO3.C5H11NO2/c1-2-18-14(17)13-8-12(16)10-15(13)9-11-6-4-3-5-7-11;14-9-11-6-12(15)8-13(11)7-10-4-2-1-3-5-10;7-5-2-1-3-6(8)4-5;7-3-1-4(5(8)9)6-2-3;7-4-1-5(8)3-6-2-4/h3-7,12-13,16H,2,8-10H2,1H3;1-5,11-12,14-15H,6-9H2;5-8H,1-4H2;3-4,6-7H,1-2H2,(H,8,9);4-8H,1-3H2/t12-,13-;11-,12-;5-,6+;3-,4-;4-,5+/m11.1./s1. The Morgan fingerprint density at radius 1 is 0.655 bits per heavy atom. The first kappa shape index (κ1) is 49.3. The maximum absolute atomic E-state index is 11.8. The van der Waals surface area contributed by atoms with Crippen LogP contribution in [0.25, 0.3) is 0 Å². The van der Waals surface area contributed by atoms with Gasteiger partial charge in [-0.05, 0) is 50.2 Å². The Bertz CT molecular complexity index is 1380. The number of carbonyl (C=O) groups excluding carboxylic acids is 1. The van der Waals surface area contributed by atoms with E-state index < -0.39 is 24.2 Å². The molecule has 0 bridgehead atoms. The number of rotatable bonds is 8. The smallest absolute Gasteiger partial charge is 0.323 e. The molecule has 1 saturated carbocycles. The van der Waals surface area contributed by atoms with E-state index >= 15 is 0 Å². The zero-order valence-electron chi connectivity index (χ0n) is 33.7. The Balaban J connectivity index is 0.000000203. The minimum Gasteiger partial charge on any atom is -0.480 e. The molecule has 0 radical (unpaired) electrons.